The van der Waals surface area contributed by atoms with Gasteiger partial charge in [0.25, 0.3) is 0 Å². The number of hydrogen-bond acceptors (Lipinski definition) is 2. The molecule has 0 atom stereocenters. The Hall–Kier alpha value is -3.66. The Kier molecular flexibility index (Phi) is 4.12. The van der Waals surface area contributed by atoms with Crippen LogP contribution in [0.25, 0.3) is 54.5 Å². The van der Waals surface area contributed by atoms with E-state index in [-0.39, 0.29) is 16.3 Å². The molecule has 170 valence electrons. The van der Waals surface area contributed by atoms with Crippen LogP contribution in [0.3, 0.4) is 0 Å². The van der Waals surface area contributed by atoms with Gasteiger partial charge in [0, 0.05) is 33.1 Å². The maximum Gasteiger partial charge on any atom is 0.205 e. The van der Waals surface area contributed by atoms with Crippen molar-refractivity contribution in [3.05, 3.63) is 76.1 Å². The minimum atomic E-state index is -0.100. The molecule has 0 radical (unpaired) electrons. The van der Waals surface area contributed by atoms with Crippen LogP contribution in [0.4, 0.5) is 0 Å². The van der Waals surface area contributed by atoms with Crippen LogP contribution in [-0.4, -0.2) is 15.0 Å². The van der Waals surface area contributed by atoms with E-state index in [2.05, 4.69) is 100 Å². The third-order valence-electron chi connectivity index (χ3n) is 7.04. The van der Waals surface area contributed by atoms with Crippen molar-refractivity contribution < 1.29 is 0 Å². The SMILES string of the molecule is CC(C)(C)c1c[nH]c2c(ccc3cc4ccc5c6cc(C(C)(C)C)cc(=O)c6nc5c4[nH]c32)c1. The maximum atomic E-state index is 13.0. The van der Waals surface area contributed by atoms with Gasteiger partial charge in [-0.3, -0.25) is 4.79 Å². The topological polar surface area (TPSA) is 61.5 Å². The molecule has 4 heteroatoms. The minimum Gasteiger partial charge on any atom is -0.359 e. The predicted molar refractivity (Wildman–Crippen MR) is 144 cm³/mol. The molecule has 0 bridgehead atoms. The number of fused-ring (bicyclic) bond motifs is 8. The van der Waals surface area contributed by atoms with E-state index in [4.69, 9.17) is 4.98 Å². The average Bonchev–Trinajstić information content (AvgIpc) is 3.16. The summed E-state index contributed by atoms with van der Waals surface area (Å²) >= 11 is 0. The molecule has 3 heterocycles. The molecule has 0 spiro atoms. The minimum absolute atomic E-state index is 0.0129. The second kappa shape index (κ2) is 6.69. The van der Waals surface area contributed by atoms with Gasteiger partial charge in [-0.05, 0) is 46.2 Å². The number of rotatable bonds is 0. The monoisotopic (exact) mass is 447 g/mol. The molecule has 0 fully saturated rings. The molecular formula is C30H29N3O. The summed E-state index contributed by atoms with van der Waals surface area (Å²) in [6.45, 7) is 13.1. The second-order valence-corrected chi connectivity index (χ2v) is 11.6. The van der Waals surface area contributed by atoms with E-state index in [1.165, 1.54) is 10.9 Å². The number of H-pyrrole nitrogens is 2. The Balaban J connectivity index is 1.70. The van der Waals surface area contributed by atoms with Crippen LogP contribution in [0, 0.1) is 0 Å². The second-order valence-electron chi connectivity index (χ2n) is 11.6. The first-order chi connectivity index (χ1) is 16.0. The van der Waals surface area contributed by atoms with Crippen molar-refractivity contribution in [3.63, 3.8) is 0 Å². The molecule has 6 rings (SSSR count). The molecule has 6 aromatic rings. The molecule has 3 aromatic carbocycles. The first-order valence-corrected chi connectivity index (χ1v) is 11.9. The van der Waals surface area contributed by atoms with Crippen LogP contribution in [0.5, 0.6) is 0 Å². The van der Waals surface area contributed by atoms with Crippen LogP contribution in [0.1, 0.15) is 52.7 Å². The Labute approximate surface area is 198 Å². The van der Waals surface area contributed by atoms with Crippen molar-refractivity contribution >= 4 is 54.5 Å². The van der Waals surface area contributed by atoms with E-state index in [0.717, 1.165) is 49.2 Å². The Morgan fingerprint density at radius 1 is 0.647 bits per heavy atom. The normalized spacial score (nSPS) is 13.1. The Morgan fingerprint density at radius 3 is 2.00 bits per heavy atom. The molecule has 0 aliphatic heterocycles. The highest BCUT2D eigenvalue weighted by Crippen LogP contribution is 2.35. The lowest BCUT2D eigenvalue weighted by molar-refractivity contribution is 0.588. The molecule has 0 saturated heterocycles. The van der Waals surface area contributed by atoms with Crippen LogP contribution >= 0.6 is 0 Å². The lowest BCUT2D eigenvalue weighted by Crippen LogP contribution is -2.14. The van der Waals surface area contributed by atoms with E-state index in [0.29, 0.717) is 5.52 Å². The molecular weight excluding hydrogens is 418 g/mol. The van der Waals surface area contributed by atoms with E-state index >= 15 is 0 Å². The van der Waals surface area contributed by atoms with Crippen molar-refractivity contribution in [1.82, 2.24) is 15.0 Å². The fourth-order valence-electron chi connectivity index (χ4n) is 4.92. The van der Waals surface area contributed by atoms with Gasteiger partial charge in [0.1, 0.15) is 5.52 Å². The summed E-state index contributed by atoms with van der Waals surface area (Å²) in [5, 5.41) is 5.33. The van der Waals surface area contributed by atoms with E-state index in [9.17, 15) is 4.79 Å². The van der Waals surface area contributed by atoms with Gasteiger partial charge in [0.2, 0.25) is 5.43 Å². The van der Waals surface area contributed by atoms with Crippen LogP contribution < -0.4 is 5.43 Å². The molecule has 0 unspecified atom stereocenters. The predicted octanol–water partition coefficient (Wildman–Crippen LogP) is 7.46. The molecule has 0 aliphatic carbocycles. The zero-order valence-electron chi connectivity index (χ0n) is 20.6. The van der Waals surface area contributed by atoms with Crippen LogP contribution in [-0.2, 0) is 10.8 Å². The number of hydrogen-bond donors (Lipinski definition) is 2. The summed E-state index contributed by atoms with van der Waals surface area (Å²) in [7, 11) is 0. The number of aromatic nitrogens is 3. The van der Waals surface area contributed by atoms with Crippen LogP contribution in [0.2, 0.25) is 0 Å². The fraction of sp³-hybridized carbons (Fsp3) is 0.267. The van der Waals surface area contributed by atoms with Crippen LogP contribution in [0.15, 0.2) is 59.5 Å². The van der Waals surface area contributed by atoms with Crippen molar-refractivity contribution in [2.75, 3.05) is 0 Å². The van der Waals surface area contributed by atoms with Crippen molar-refractivity contribution in [1.29, 1.82) is 0 Å². The van der Waals surface area contributed by atoms with Gasteiger partial charge >= 0.3 is 0 Å². The molecule has 2 N–H and O–H groups in total. The first-order valence-electron chi connectivity index (χ1n) is 11.9. The zero-order chi connectivity index (χ0) is 24.0. The highest BCUT2D eigenvalue weighted by atomic mass is 16.1. The van der Waals surface area contributed by atoms with Gasteiger partial charge in [0.15, 0.2) is 0 Å². The van der Waals surface area contributed by atoms with E-state index < -0.39 is 0 Å². The van der Waals surface area contributed by atoms with Gasteiger partial charge in [0.05, 0.1) is 22.1 Å². The number of nitrogens with one attached hydrogen (secondary N) is 2. The highest BCUT2D eigenvalue weighted by molar-refractivity contribution is 6.18. The lowest BCUT2D eigenvalue weighted by Gasteiger charge is -2.19. The number of pyridine rings is 2. The summed E-state index contributed by atoms with van der Waals surface area (Å²) in [5.74, 6) is 0. The molecule has 3 aromatic heterocycles. The smallest absolute Gasteiger partial charge is 0.205 e. The van der Waals surface area contributed by atoms with E-state index in [1.54, 1.807) is 6.07 Å². The summed E-state index contributed by atoms with van der Waals surface area (Å²) in [6.07, 6.45) is 2.10. The largest absolute Gasteiger partial charge is 0.359 e. The summed E-state index contributed by atoms with van der Waals surface area (Å²) in [4.78, 5) is 25.0. The maximum absolute atomic E-state index is 13.0. The number of benzene rings is 3. The summed E-state index contributed by atoms with van der Waals surface area (Å²) in [6, 6.07) is 16.9. The fourth-order valence-corrected chi connectivity index (χ4v) is 4.92. The zero-order valence-corrected chi connectivity index (χ0v) is 20.6. The summed E-state index contributed by atoms with van der Waals surface area (Å²) < 4.78 is 0. The summed E-state index contributed by atoms with van der Waals surface area (Å²) in [5.41, 5.74) is 6.73. The van der Waals surface area contributed by atoms with Crippen molar-refractivity contribution in [3.8, 4) is 0 Å². The third kappa shape index (κ3) is 3.05. The number of nitrogens with zero attached hydrogens (tertiary/aromatic N) is 1. The van der Waals surface area contributed by atoms with Gasteiger partial charge in [-0.1, -0.05) is 65.8 Å². The standard InChI is InChI=1S/C30H29N3O/c1-29(2,3)19-13-22-21-10-9-17-11-16-7-8-18-12-20(30(4,5)6)15-31-24(18)25(16)32-26(17)28(21)33-27(22)23(34)14-19/h7-15,31-32H,1-6H3. The number of aromatic amines is 2. The van der Waals surface area contributed by atoms with Gasteiger partial charge in [-0.15, -0.1) is 0 Å². The van der Waals surface area contributed by atoms with Gasteiger partial charge in [-0.25, -0.2) is 4.98 Å². The molecule has 0 aliphatic rings. The Morgan fingerprint density at radius 2 is 1.29 bits per heavy atom. The molecule has 34 heavy (non-hydrogen) atoms. The first kappa shape index (κ1) is 20.9. The molecule has 4 nitrogen and oxygen atoms in total. The van der Waals surface area contributed by atoms with Gasteiger partial charge in [-0.2, -0.15) is 0 Å². The van der Waals surface area contributed by atoms with Crippen molar-refractivity contribution in [2.45, 2.75) is 52.4 Å². The quantitative estimate of drug-likeness (QED) is 0.187. The lowest BCUT2D eigenvalue weighted by atomic mass is 9.86. The van der Waals surface area contributed by atoms with Crippen molar-refractivity contribution in [2.24, 2.45) is 0 Å². The van der Waals surface area contributed by atoms with Gasteiger partial charge < -0.3 is 9.97 Å². The average molecular weight is 448 g/mol. The van der Waals surface area contributed by atoms with E-state index in [1.807, 2.05) is 0 Å². The third-order valence-corrected chi connectivity index (χ3v) is 7.04. The highest BCUT2D eigenvalue weighted by Gasteiger charge is 2.20. The molecule has 0 saturated carbocycles. The molecule has 0 amide bonds. The Bertz CT molecular complexity index is 1840.